The van der Waals surface area contributed by atoms with Crippen LogP contribution in [0.4, 0.5) is 4.39 Å². The number of aromatic nitrogens is 1. The first-order valence-electron chi connectivity index (χ1n) is 9.48. The lowest BCUT2D eigenvalue weighted by molar-refractivity contribution is -0.153. The minimum Gasteiger partial charge on any atom is -0.503 e. The van der Waals surface area contributed by atoms with Gasteiger partial charge < -0.3 is 19.3 Å². The van der Waals surface area contributed by atoms with Crippen LogP contribution in [0.15, 0.2) is 30.5 Å². The molecule has 0 aliphatic heterocycles. The summed E-state index contributed by atoms with van der Waals surface area (Å²) in [5.41, 5.74) is 0.542. The molecule has 1 N–H and O–H groups in total. The van der Waals surface area contributed by atoms with Gasteiger partial charge in [-0.1, -0.05) is 19.9 Å². The van der Waals surface area contributed by atoms with E-state index in [9.17, 15) is 19.1 Å². The molecule has 7 nitrogen and oxygen atoms in total. The van der Waals surface area contributed by atoms with Crippen molar-refractivity contribution in [3.05, 3.63) is 47.5 Å². The van der Waals surface area contributed by atoms with E-state index in [1.54, 1.807) is 19.9 Å². The third-order valence-electron chi connectivity index (χ3n) is 4.96. The Morgan fingerprint density at radius 2 is 1.77 bits per heavy atom. The van der Waals surface area contributed by atoms with Crippen molar-refractivity contribution >= 4 is 11.8 Å². The van der Waals surface area contributed by atoms with E-state index < -0.39 is 29.6 Å². The molecule has 3 atom stereocenters. The Labute approximate surface area is 174 Å². The van der Waals surface area contributed by atoms with Gasteiger partial charge in [-0.3, -0.25) is 9.59 Å². The first-order valence-corrected chi connectivity index (χ1v) is 9.48. The number of rotatable bonds is 9. The number of hydrogen-bond acceptors (Lipinski definition) is 7. The van der Waals surface area contributed by atoms with Gasteiger partial charge in [0, 0.05) is 36.2 Å². The monoisotopic (exact) mass is 419 g/mol. The average molecular weight is 419 g/mol. The zero-order valence-corrected chi connectivity index (χ0v) is 17.6. The highest BCUT2D eigenvalue weighted by Gasteiger charge is 2.27. The van der Waals surface area contributed by atoms with Crippen molar-refractivity contribution in [2.45, 2.75) is 39.2 Å². The summed E-state index contributed by atoms with van der Waals surface area (Å²) in [5, 5.41) is 10.1. The number of esters is 1. The molecular formula is C22H26FNO6. The van der Waals surface area contributed by atoms with Gasteiger partial charge in [-0.05, 0) is 13.0 Å². The van der Waals surface area contributed by atoms with Gasteiger partial charge in [0.2, 0.25) is 0 Å². The maximum Gasteiger partial charge on any atom is 0.309 e. The Kier molecular flexibility index (Phi) is 7.74. The third-order valence-corrected chi connectivity index (χ3v) is 4.96. The molecule has 0 aliphatic rings. The topological polar surface area (TPSA) is 95.0 Å². The molecule has 1 aromatic heterocycles. The Balaban J connectivity index is 2.04. The fraction of sp³-hybridized carbons (Fsp3) is 0.409. The van der Waals surface area contributed by atoms with Gasteiger partial charge in [0.25, 0.3) is 0 Å². The summed E-state index contributed by atoms with van der Waals surface area (Å²) in [5.74, 6) is -2.38. The van der Waals surface area contributed by atoms with Crippen molar-refractivity contribution in [2.75, 3.05) is 14.2 Å². The van der Waals surface area contributed by atoms with Crippen LogP contribution in [0.3, 0.4) is 0 Å². The second kappa shape index (κ2) is 10.0. The molecule has 162 valence electrons. The molecule has 0 saturated heterocycles. The molecule has 0 unspecified atom stereocenters. The van der Waals surface area contributed by atoms with Crippen molar-refractivity contribution in [3.63, 3.8) is 0 Å². The highest BCUT2D eigenvalue weighted by molar-refractivity contribution is 5.99. The highest BCUT2D eigenvalue weighted by atomic mass is 19.1. The molecule has 0 amide bonds. The van der Waals surface area contributed by atoms with Crippen LogP contribution >= 0.6 is 0 Å². The highest BCUT2D eigenvalue weighted by Crippen LogP contribution is 2.32. The zero-order chi connectivity index (χ0) is 22.4. The van der Waals surface area contributed by atoms with Crippen molar-refractivity contribution < 1.29 is 33.3 Å². The number of pyridine rings is 1. The Morgan fingerprint density at radius 3 is 2.40 bits per heavy atom. The second-order valence-electron chi connectivity index (χ2n) is 7.06. The van der Waals surface area contributed by atoms with Gasteiger partial charge >= 0.3 is 5.97 Å². The van der Waals surface area contributed by atoms with Crippen LogP contribution in [-0.4, -0.2) is 42.2 Å². The lowest BCUT2D eigenvalue weighted by atomic mass is 9.95. The van der Waals surface area contributed by atoms with E-state index in [0.29, 0.717) is 11.3 Å². The maximum atomic E-state index is 13.4. The molecule has 30 heavy (non-hydrogen) atoms. The van der Waals surface area contributed by atoms with Crippen LogP contribution in [0.1, 0.15) is 49.2 Å². The van der Waals surface area contributed by atoms with E-state index in [1.807, 2.05) is 6.92 Å². The largest absolute Gasteiger partial charge is 0.503 e. The molecular weight excluding hydrogens is 393 g/mol. The molecule has 0 aliphatic carbocycles. The standard InChI is InChI=1S/C22H26FNO6/c1-12(10-17(25)20-21(26)18(28-4)8-9-24-20)22(27)30-14(3)13(2)16-7-6-15(23)11-19(16)29-5/h6-9,11-14,26H,10H2,1-5H3/t12-,13+,14-/m1/s1. The van der Waals surface area contributed by atoms with Gasteiger partial charge in [-0.2, -0.15) is 0 Å². The van der Waals surface area contributed by atoms with Gasteiger partial charge in [-0.25, -0.2) is 9.37 Å². The smallest absolute Gasteiger partial charge is 0.309 e. The Hall–Kier alpha value is -3.16. The number of ketones is 1. The van der Waals surface area contributed by atoms with Gasteiger partial charge in [-0.15, -0.1) is 0 Å². The fourth-order valence-electron chi connectivity index (χ4n) is 2.98. The molecule has 1 heterocycles. The molecule has 0 spiro atoms. The summed E-state index contributed by atoms with van der Waals surface area (Å²) in [6.07, 6.45) is 0.611. The van der Waals surface area contributed by atoms with Crippen LogP contribution in [0, 0.1) is 11.7 Å². The number of hydrogen-bond donors (Lipinski definition) is 1. The number of carbonyl (C=O) groups is 2. The summed E-state index contributed by atoms with van der Waals surface area (Å²) in [4.78, 5) is 28.8. The number of halogens is 1. The number of carbonyl (C=O) groups excluding carboxylic acids is 2. The lowest BCUT2D eigenvalue weighted by Crippen LogP contribution is -2.26. The summed E-state index contributed by atoms with van der Waals surface area (Å²) in [6.45, 7) is 5.12. The van der Waals surface area contributed by atoms with Crippen LogP contribution in [0.2, 0.25) is 0 Å². The molecule has 0 fully saturated rings. The fourth-order valence-corrected chi connectivity index (χ4v) is 2.98. The number of Topliss-reactive ketones (excluding diaryl/α,β-unsaturated/α-hetero) is 1. The number of ether oxygens (including phenoxy) is 3. The average Bonchev–Trinajstić information content (AvgIpc) is 2.72. The predicted octanol–water partition coefficient (Wildman–Crippen LogP) is 3.89. The number of benzene rings is 1. The van der Waals surface area contributed by atoms with E-state index in [1.165, 1.54) is 38.6 Å². The summed E-state index contributed by atoms with van der Waals surface area (Å²) < 4.78 is 29.1. The molecule has 0 radical (unpaired) electrons. The van der Waals surface area contributed by atoms with Gasteiger partial charge in [0.05, 0.1) is 20.1 Å². The minimum atomic E-state index is -0.755. The van der Waals surface area contributed by atoms with Crippen LogP contribution in [0.25, 0.3) is 0 Å². The van der Waals surface area contributed by atoms with Crippen molar-refractivity contribution in [1.82, 2.24) is 4.98 Å². The van der Waals surface area contributed by atoms with Crippen LogP contribution < -0.4 is 9.47 Å². The van der Waals surface area contributed by atoms with E-state index in [-0.39, 0.29) is 29.5 Å². The number of nitrogens with zero attached hydrogens (tertiary/aromatic N) is 1. The number of aromatic hydroxyl groups is 1. The molecule has 2 rings (SSSR count). The van der Waals surface area contributed by atoms with Crippen molar-refractivity contribution in [3.8, 4) is 17.2 Å². The SMILES string of the molecule is COc1cc(F)ccc1[C@@H](C)[C@@H](C)OC(=O)[C@H](C)CC(=O)c1nccc(OC)c1O. The van der Waals surface area contributed by atoms with Gasteiger partial charge in [0.15, 0.2) is 23.0 Å². The first-order chi connectivity index (χ1) is 14.2. The number of methoxy groups -OCH3 is 2. The Bertz CT molecular complexity index is 916. The van der Waals surface area contributed by atoms with E-state index >= 15 is 0 Å². The van der Waals surface area contributed by atoms with Crippen LogP contribution in [-0.2, 0) is 9.53 Å². The zero-order valence-electron chi connectivity index (χ0n) is 17.6. The van der Waals surface area contributed by atoms with E-state index in [4.69, 9.17) is 14.2 Å². The van der Waals surface area contributed by atoms with Gasteiger partial charge in [0.1, 0.15) is 17.7 Å². The molecule has 0 saturated carbocycles. The Morgan fingerprint density at radius 1 is 1.10 bits per heavy atom. The lowest BCUT2D eigenvalue weighted by Gasteiger charge is -2.24. The molecule has 1 aromatic carbocycles. The predicted molar refractivity (Wildman–Crippen MR) is 107 cm³/mol. The normalized spacial score (nSPS) is 13.8. The van der Waals surface area contributed by atoms with Crippen molar-refractivity contribution in [2.24, 2.45) is 5.92 Å². The minimum absolute atomic E-state index is 0.124. The third kappa shape index (κ3) is 5.25. The molecule has 8 heteroatoms. The van der Waals surface area contributed by atoms with Crippen molar-refractivity contribution in [1.29, 1.82) is 0 Å². The van der Waals surface area contributed by atoms with Crippen LogP contribution in [0.5, 0.6) is 17.2 Å². The summed E-state index contributed by atoms with van der Waals surface area (Å²) >= 11 is 0. The molecule has 2 aromatic rings. The quantitative estimate of drug-likeness (QED) is 0.487. The van der Waals surface area contributed by atoms with E-state index in [2.05, 4.69) is 4.98 Å². The summed E-state index contributed by atoms with van der Waals surface area (Å²) in [6, 6.07) is 5.61. The second-order valence-corrected chi connectivity index (χ2v) is 7.06. The summed E-state index contributed by atoms with van der Waals surface area (Å²) in [7, 11) is 2.80. The maximum absolute atomic E-state index is 13.4. The van der Waals surface area contributed by atoms with E-state index in [0.717, 1.165) is 0 Å². The molecule has 0 bridgehead atoms. The first kappa shape index (κ1) is 23.1.